The molecule has 214 valence electrons. The Morgan fingerprint density at radius 2 is 1.32 bits per heavy atom. The van der Waals surface area contributed by atoms with E-state index >= 15 is 0 Å². The van der Waals surface area contributed by atoms with Gasteiger partial charge in [0.1, 0.15) is 24.4 Å². The van der Waals surface area contributed by atoms with Crippen molar-refractivity contribution in [2.75, 3.05) is 13.2 Å². The predicted octanol–water partition coefficient (Wildman–Crippen LogP) is 2.33. The van der Waals surface area contributed by atoms with Crippen LogP contribution in [-0.2, 0) is 14.3 Å². The number of aliphatic hydroxyl groups excluding tert-OH is 4. The summed E-state index contributed by atoms with van der Waals surface area (Å²) in [5.74, 6) is -0.683. The van der Waals surface area contributed by atoms with Crippen molar-refractivity contribution in [2.45, 2.75) is 95.4 Å². The van der Waals surface area contributed by atoms with Crippen molar-refractivity contribution in [3.05, 3.63) is 60.8 Å². The van der Waals surface area contributed by atoms with E-state index in [9.17, 15) is 24.9 Å². The maximum absolute atomic E-state index is 12.1. The molecule has 0 saturated carbocycles. The van der Waals surface area contributed by atoms with E-state index in [1.807, 2.05) is 0 Å². The summed E-state index contributed by atoms with van der Waals surface area (Å²) in [6.07, 6.45) is 22.3. The van der Waals surface area contributed by atoms with Gasteiger partial charge in [-0.3, -0.25) is 9.59 Å². The molecule has 0 radical (unpaired) electrons. The molecule has 0 aromatic heterocycles. The molecule has 1 rings (SSSR count). The lowest BCUT2D eigenvalue weighted by Gasteiger charge is -2.40. The zero-order valence-electron chi connectivity index (χ0n) is 22.5. The van der Waals surface area contributed by atoms with E-state index in [4.69, 9.17) is 9.84 Å². The minimum atomic E-state index is -1.57. The molecule has 1 heterocycles. The molecule has 1 fully saturated rings. The molecule has 38 heavy (non-hydrogen) atoms. The zero-order chi connectivity index (χ0) is 28.0. The summed E-state index contributed by atoms with van der Waals surface area (Å²) in [6.45, 7) is 1.66. The van der Waals surface area contributed by atoms with Crippen LogP contribution in [0.4, 0.5) is 0 Å². The first kappa shape index (κ1) is 33.5. The smallest absolute Gasteiger partial charge is 0.222 e. The second-order valence-electron chi connectivity index (χ2n) is 9.02. The number of ether oxygens (including phenoxy) is 1. The van der Waals surface area contributed by atoms with E-state index in [0.717, 1.165) is 38.5 Å². The minimum Gasteiger partial charge on any atom is -0.394 e. The largest absolute Gasteiger partial charge is 0.394 e. The molecule has 1 aliphatic rings. The average molecular weight is 535 g/mol. The van der Waals surface area contributed by atoms with Crippen LogP contribution in [0.2, 0.25) is 0 Å². The van der Waals surface area contributed by atoms with Gasteiger partial charge in [0.05, 0.1) is 6.61 Å². The first-order chi connectivity index (χ1) is 18.4. The number of hydrogen-bond donors (Lipinski definition) is 6. The van der Waals surface area contributed by atoms with Gasteiger partial charge in [-0.05, 0) is 44.9 Å². The van der Waals surface area contributed by atoms with E-state index in [1.165, 1.54) is 0 Å². The predicted molar refractivity (Wildman–Crippen MR) is 148 cm³/mol. The van der Waals surface area contributed by atoms with Crippen LogP contribution in [0.15, 0.2) is 60.8 Å². The Kier molecular flexibility index (Phi) is 18.8. The van der Waals surface area contributed by atoms with Gasteiger partial charge in [-0.25, -0.2) is 0 Å². The number of carbonyl (C=O) groups excluding carboxylic acids is 2. The van der Waals surface area contributed by atoms with Crippen LogP contribution in [0.5, 0.6) is 0 Å². The molecule has 2 amide bonds. The second-order valence-corrected chi connectivity index (χ2v) is 9.02. The summed E-state index contributed by atoms with van der Waals surface area (Å²) < 4.78 is 4.99. The van der Waals surface area contributed by atoms with Gasteiger partial charge in [-0.2, -0.15) is 0 Å². The van der Waals surface area contributed by atoms with E-state index in [0.29, 0.717) is 12.8 Å². The fourth-order valence-corrected chi connectivity index (χ4v) is 3.66. The van der Waals surface area contributed by atoms with Crippen molar-refractivity contribution in [3.8, 4) is 0 Å². The number of carbonyl (C=O) groups is 2. The quantitative estimate of drug-likeness (QED) is 0.117. The van der Waals surface area contributed by atoms with Crippen molar-refractivity contribution >= 4 is 11.8 Å². The Balaban J connectivity index is 2.06. The maximum Gasteiger partial charge on any atom is 0.222 e. The van der Waals surface area contributed by atoms with Crippen LogP contribution in [0, 0.1) is 0 Å². The van der Waals surface area contributed by atoms with E-state index in [-0.39, 0.29) is 18.9 Å². The second kappa shape index (κ2) is 21.4. The van der Waals surface area contributed by atoms with Crippen molar-refractivity contribution in [3.63, 3.8) is 0 Å². The van der Waals surface area contributed by atoms with Gasteiger partial charge < -0.3 is 35.8 Å². The standard InChI is InChI=1S/C29H46N2O7/c1-2-3-4-5-6-7-8-9-10-11-12-13-14-15-16-17-18-19-24(33)30-21-20-25(34)31-26-28(36)27(35)23(22-32)38-29(26)37/h3-4,6-7,9-10,12-13,15-16,23,26-29,32,35-37H,2,5,8,11,14,17-22H2,1H3,(H,30,33)(H,31,34)/t23-,26-,27-,28-,29-/m1/s1. The Morgan fingerprint density at radius 3 is 1.87 bits per heavy atom. The highest BCUT2D eigenvalue weighted by molar-refractivity contribution is 5.79. The number of amides is 2. The topological polar surface area (TPSA) is 148 Å². The van der Waals surface area contributed by atoms with Gasteiger partial charge in [0.25, 0.3) is 0 Å². The van der Waals surface area contributed by atoms with E-state index in [1.54, 1.807) is 0 Å². The van der Waals surface area contributed by atoms with Crippen LogP contribution in [0.25, 0.3) is 0 Å². The molecule has 0 aromatic rings. The van der Waals surface area contributed by atoms with Crippen molar-refractivity contribution < 1.29 is 34.8 Å². The number of hydrogen-bond acceptors (Lipinski definition) is 7. The molecule has 0 aliphatic carbocycles. The molecule has 9 heteroatoms. The number of nitrogens with one attached hydrogen (secondary N) is 2. The van der Waals surface area contributed by atoms with Gasteiger partial charge >= 0.3 is 0 Å². The van der Waals surface area contributed by atoms with Crippen LogP contribution in [0.1, 0.15) is 64.7 Å². The summed E-state index contributed by atoms with van der Waals surface area (Å²) in [5, 5.41) is 43.9. The third-order valence-corrected chi connectivity index (χ3v) is 5.83. The number of aliphatic hydroxyl groups is 4. The van der Waals surface area contributed by atoms with Crippen molar-refractivity contribution in [1.82, 2.24) is 10.6 Å². The van der Waals surface area contributed by atoms with Crippen LogP contribution in [-0.4, -0.2) is 76.0 Å². The summed E-state index contributed by atoms with van der Waals surface area (Å²) in [7, 11) is 0. The van der Waals surface area contributed by atoms with Gasteiger partial charge in [0, 0.05) is 19.4 Å². The summed E-state index contributed by atoms with van der Waals surface area (Å²) in [4.78, 5) is 24.0. The third-order valence-electron chi connectivity index (χ3n) is 5.83. The molecule has 0 aromatic carbocycles. The van der Waals surface area contributed by atoms with E-state index < -0.39 is 43.2 Å². The Hall–Kier alpha value is -2.56. The monoisotopic (exact) mass is 534 g/mol. The molecular formula is C29H46N2O7. The molecule has 1 aliphatic heterocycles. The fraction of sp³-hybridized carbons (Fsp3) is 0.586. The lowest BCUT2D eigenvalue weighted by molar-refractivity contribution is -0.253. The Bertz CT molecular complexity index is 807. The number of allylic oxidation sites excluding steroid dienone is 10. The molecule has 0 unspecified atom stereocenters. The summed E-state index contributed by atoms with van der Waals surface area (Å²) in [6, 6.07) is -1.24. The minimum absolute atomic E-state index is 0.0595. The van der Waals surface area contributed by atoms with Gasteiger partial charge in [0.15, 0.2) is 6.29 Å². The highest BCUT2D eigenvalue weighted by Crippen LogP contribution is 2.19. The molecule has 6 N–H and O–H groups in total. The number of unbranched alkanes of at least 4 members (excludes halogenated alkanes) is 1. The molecule has 1 saturated heterocycles. The number of rotatable bonds is 18. The Morgan fingerprint density at radius 1 is 0.763 bits per heavy atom. The molecule has 0 spiro atoms. The molecule has 0 bridgehead atoms. The Labute approximate surface area is 226 Å². The fourth-order valence-electron chi connectivity index (χ4n) is 3.66. The molecule has 9 nitrogen and oxygen atoms in total. The van der Waals surface area contributed by atoms with Gasteiger partial charge in [-0.15, -0.1) is 0 Å². The van der Waals surface area contributed by atoms with Gasteiger partial charge in [-0.1, -0.05) is 67.7 Å². The highest BCUT2D eigenvalue weighted by Gasteiger charge is 2.44. The first-order valence-corrected chi connectivity index (χ1v) is 13.5. The van der Waals surface area contributed by atoms with Gasteiger partial charge in [0.2, 0.25) is 11.8 Å². The average Bonchev–Trinajstić information content (AvgIpc) is 2.90. The lowest BCUT2D eigenvalue weighted by Crippen LogP contribution is -2.64. The normalized spacial score (nSPS) is 24.4. The molecular weight excluding hydrogens is 488 g/mol. The summed E-state index contributed by atoms with van der Waals surface area (Å²) >= 11 is 0. The van der Waals surface area contributed by atoms with E-state index in [2.05, 4.69) is 78.3 Å². The zero-order valence-corrected chi connectivity index (χ0v) is 22.5. The lowest BCUT2D eigenvalue weighted by atomic mass is 9.97. The molecule has 5 atom stereocenters. The van der Waals surface area contributed by atoms with Crippen LogP contribution >= 0.6 is 0 Å². The van der Waals surface area contributed by atoms with Crippen LogP contribution in [0.3, 0.4) is 0 Å². The summed E-state index contributed by atoms with van der Waals surface area (Å²) in [5.41, 5.74) is 0. The highest BCUT2D eigenvalue weighted by atomic mass is 16.6. The van der Waals surface area contributed by atoms with Crippen molar-refractivity contribution in [1.29, 1.82) is 0 Å². The maximum atomic E-state index is 12.1. The SMILES string of the molecule is CCC=CCC=CCC=CCC=CCC=CCCCC(=O)NCCC(=O)N[C@@H]1[C@@H](O)[C@H](O)[C@@H](CO)O[C@H]1O. The first-order valence-electron chi connectivity index (χ1n) is 13.5. The van der Waals surface area contributed by atoms with Crippen molar-refractivity contribution in [2.24, 2.45) is 0 Å². The van der Waals surface area contributed by atoms with Crippen LogP contribution < -0.4 is 10.6 Å². The third kappa shape index (κ3) is 15.0.